The molecule has 0 aromatic heterocycles. The third-order valence-corrected chi connectivity index (χ3v) is 2.55. The van der Waals surface area contributed by atoms with Crippen LogP contribution >= 0.6 is 0 Å². The van der Waals surface area contributed by atoms with Crippen LogP contribution in [0.3, 0.4) is 0 Å². The summed E-state index contributed by atoms with van der Waals surface area (Å²) >= 11 is 0. The van der Waals surface area contributed by atoms with Gasteiger partial charge in [-0.05, 0) is 25.2 Å². The molecule has 0 N–H and O–H groups in total. The van der Waals surface area contributed by atoms with E-state index >= 15 is 0 Å². The lowest BCUT2D eigenvalue weighted by Crippen LogP contribution is -1.91. The van der Waals surface area contributed by atoms with E-state index in [-0.39, 0.29) is 0 Å². The Morgan fingerprint density at radius 3 is 1.36 bits per heavy atom. The van der Waals surface area contributed by atoms with Crippen LogP contribution in [0, 0.1) is 5.92 Å². The van der Waals surface area contributed by atoms with Gasteiger partial charge >= 0.3 is 0 Å². The van der Waals surface area contributed by atoms with E-state index in [1.807, 2.05) is 12.2 Å². The Hall–Kier alpha value is -0.520. The van der Waals surface area contributed by atoms with Crippen molar-refractivity contribution in [1.29, 1.82) is 0 Å². The molecule has 0 amide bonds. The molecule has 0 saturated heterocycles. The molecule has 84 valence electrons. The van der Waals surface area contributed by atoms with E-state index in [0.29, 0.717) is 0 Å². The maximum atomic E-state index is 3.60. The minimum atomic E-state index is 0.986. The minimum absolute atomic E-state index is 0.986. The summed E-state index contributed by atoms with van der Waals surface area (Å²) < 4.78 is 0. The van der Waals surface area contributed by atoms with Crippen molar-refractivity contribution in [3.63, 3.8) is 0 Å². The fourth-order valence-corrected chi connectivity index (χ4v) is 1.27. The highest BCUT2D eigenvalue weighted by atomic mass is 14.0. The van der Waals surface area contributed by atoms with Crippen LogP contribution in [-0.2, 0) is 0 Å². The van der Waals surface area contributed by atoms with Crippen LogP contribution in [0.1, 0.15) is 59.3 Å². The SMILES string of the molecule is C=CCCCC=C.CCC(CC)CC. The van der Waals surface area contributed by atoms with Crippen LogP contribution in [0.4, 0.5) is 0 Å². The molecule has 0 unspecified atom stereocenters. The molecular weight excluding hydrogens is 168 g/mol. The average molecular weight is 196 g/mol. The van der Waals surface area contributed by atoms with Gasteiger partial charge < -0.3 is 0 Å². The van der Waals surface area contributed by atoms with E-state index in [1.165, 1.54) is 25.7 Å². The fourth-order valence-electron chi connectivity index (χ4n) is 1.27. The monoisotopic (exact) mass is 196 g/mol. The molecule has 14 heavy (non-hydrogen) atoms. The van der Waals surface area contributed by atoms with Gasteiger partial charge in [0.15, 0.2) is 0 Å². The fraction of sp³-hybridized carbons (Fsp3) is 0.714. The van der Waals surface area contributed by atoms with Crippen molar-refractivity contribution in [2.75, 3.05) is 0 Å². The van der Waals surface area contributed by atoms with Crippen LogP contribution in [0.2, 0.25) is 0 Å². The second kappa shape index (κ2) is 15.0. The van der Waals surface area contributed by atoms with Crippen molar-refractivity contribution < 1.29 is 0 Å². The molecule has 0 aliphatic carbocycles. The van der Waals surface area contributed by atoms with Gasteiger partial charge in [-0.3, -0.25) is 0 Å². The Balaban J connectivity index is 0. The summed E-state index contributed by atoms with van der Waals surface area (Å²) in [5, 5.41) is 0. The summed E-state index contributed by atoms with van der Waals surface area (Å²) in [5.41, 5.74) is 0. The third kappa shape index (κ3) is 14.0. The zero-order valence-corrected chi connectivity index (χ0v) is 10.4. The molecule has 0 aliphatic rings. The lowest BCUT2D eigenvalue weighted by atomic mass is 10.0. The molecular formula is C14H28. The van der Waals surface area contributed by atoms with Crippen LogP contribution in [0.5, 0.6) is 0 Å². The van der Waals surface area contributed by atoms with E-state index < -0.39 is 0 Å². The largest absolute Gasteiger partial charge is 0.103 e. The van der Waals surface area contributed by atoms with Gasteiger partial charge in [0.1, 0.15) is 0 Å². The molecule has 0 atom stereocenters. The van der Waals surface area contributed by atoms with Crippen molar-refractivity contribution >= 4 is 0 Å². The molecule has 0 saturated carbocycles. The highest BCUT2D eigenvalue weighted by Gasteiger charge is 1.95. The van der Waals surface area contributed by atoms with E-state index in [0.717, 1.165) is 18.8 Å². The molecule has 0 aromatic carbocycles. The molecule has 0 aromatic rings. The molecule has 0 heteroatoms. The lowest BCUT2D eigenvalue weighted by Gasteiger charge is -2.05. The molecule has 0 rings (SSSR count). The number of allylic oxidation sites excluding steroid dienone is 2. The maximum Gasteiger partial charge on any atom is -0.0350 e. The van der Waals surface area contributed by atoms with Crippen molar-refractivity contribution in [3.05, 3.63) is 25.3 Å². The van der Waals surface area contributed by atoms with Crippen molar-refractivity contribution in [2.24, 2.45) is 5.92 Å². The van der Waals surface area contributed by atoms with Crippen LogP contribution < -0.4 is 0 Å². The van der Waals surface area contributed by atoms with E-state index in [9.17, 15) is 0 Å². The van der Waals surface area contributed by atoms with Crippen molar-refractivity contribution in [1.82, 2.24) is 0 Å². The number of hydrogen-bond acceptors (Lipinski definition) is 0. The summed E-state index contributed by atoms with van der Waals surface area (Å²) in [6.07, 6.45) is 11.4. The molecule has 0 spiro atoms. The highest BCUT2D eigenvalue weighted by Crippen LogP contribution is 2.10. The normalized spacial score (nSPS) is 9.14. The maximum absolute atomic E-state index is 3.60. The van der Waals surface area contributed by atoms with Gasteiger partial charge in [0.2, 0.25) is 0 Å². The molecule has 0 bridgehead atoms. The van der Waals surface area contributed by atoms with Gasteiger partial charge in [-0.25, -0.2) is 0 Å². The first-order valence-corrected chi connectivity index (χ1v) is 5.98. The summed E-state index contributed by atoms with van der Waals surface area (Å²) in [4.78, 5) is 0. The second-order valence-corrected chi connectivity index (χ2v) is 3.60. The predicted octanol–water partition coefficient (Wildman–Crippen LogP) is 5.36. The van der Waals surface area contributed by atoms with Crippen LogP contribution in [0.15, 0.2) is 25.3 Å². The Kier molecular flexibility index (Phi) is 17.0. The molecule has 0 nitrogen and oxygen atoms in total. The third-order valence-electron chi connectivity index (χ3n) is 2.55. The molecule has 0 aliphatic heterocycles. The van der Waals surface area contributed by atoms with Gasteiger partial charge in [0.05, 0.1) is 0 Å². The van der Waals surface area contributed by atoms with Gasteiger partial charge in [-0.15, -0.1) is 13.2 Å². The van der Waals surface area contributed by atoms with Gasteiger partial charge in [-0.2, -0.15) is 0 Å². The second-order valence-electron chi connectivity index (χ2n) is 3.60. The van der Waals surface area contributed by atoms with Crippen molar-refractivity contribution in [3.8, 4) is 0 Å². The first kappa shape index (κ1) is 15.9. The van der Waals surface area contributed by atoms with E-state index in [2.05, 4.69) is 33.9 Å². The Labute approximate surface area is 91.1 Å². The van der Waals surface area contributed by atoms with Crippen LogP contribution in [-0.4, -0.2) is 0 Å². The van der Waals surface area contributed by atoms with Crippen LogP contribution in [0.25, 0.3) is 0 Å². The zero-order chi connectivity index (χ0) is 11.2. The first-order valence-electron chi connectivity index (χ1n) is 5.98. The van der Waals surface area contributed by atoms with Gasteiger partial charge in [0, 0.05) is 0 Å². The Morgan fingerprint density at radius 1 is 0.857 bits per heavy atom. The smallest absolute Gasteiger partial charge is 0.0350 e. The molecule has 0 radical (unpaired) electrons. The minimum Gasteiger partial charge on any atom is -0.103 e. The topological polar surface area (TPSA) is 0 Å². The van der Waals surface area contributed by atoms with Crippen molar-refractivity contribution in [2.45, 2.75) is 59.3 Å². The van der Waals surface area contributed by atoms with Gasteiger partial charge in [0.25, 0.3) is 0 Å². The molecule has 0 fully saturated rings. The predicted molar refractivity (Wildman–Crippen MR) is 68.6 cm³/mol. The first-order chi connectivity index (χ1) is 6.76. The quantitative estimate of drug-likeness (QED) is 0.380. The highest BCUT2D eigenvalue weighted by molar-refractivity contribution is 4.71. The molecule has 0 heterocycles. The van der Waals surface area contributed by atoms with E-state index in [1.54, 1.807) is 0 Å². The summed E-state index contributed by atoms with van der Waals surface area (Å²) in [5.74, 6) is 0.986. The number of rotatable bonds is 7. The standard InChI is InChI=1S/C7H16.C7H12/c1-4-7(5-2)6-3;1-3-5-7-6-4-2/h7H,4-6H2,1-3H3;3-4H,1-2,5-7H2. The Morgan fingerprint density at radius 2 is 1.21 bits per heavy atom. The van der Waals surface area contributed by atoms with E-state index in [4.69, 9.17) is 0 Å². The average Bonchev–Trinajstić information content (AvgIpc) is 2.22. The Bertz CT molecular complexity index is 95.7. The lowest BCUT2D eigenvalue weighted by molar-refractivity contribution is 0.477. The summed E-state index contributed by atoms with van der Waals surface area (Å²) in [6, 6.07) is 0. The number of hydrogen-bond donors (Lipinski definition) is 0. The zero-order valence-electron chi connectivity index (χ0n) is 10.4. The summed E-state index contributed by atoms with van der Waals surface area (Å²) in [7, 11) is 0. The summed E-state index contributed by atoms with van der Waals surface area (Å²) in [6.45, 7) is 14.0. The van der Waals surface area contributed by atoms with Gasteiger partial charge in [-0.1, -0.05) is 52.2 Å². The number of unbranched alkanes of at least 4 members (excludes halogenated alkanes) is 2.